The Morgan fingerprint density at radius 3 is 2.50 bits per heavy atom. The molecule has 0 N–H and O–H groups in total. The molecule has 22 heavy (non-hydrogen) atoms. The van der Waals surface area contributed by atoms with E-state index in [0.29, 0.717) is 6.42 Å². The number of aryl methyl sites for hydroxylation is 1. The molecule has 0 radical (unpaired) electrons. The maximum absolute atomic E-state index is 12.4. The van der Waals surface area contributed by atoms with E-state index < -0.39 is 21.2 Å². The van der Waals surface area contributed by atoms with E-state index in [-0.39, 0.29) is 10.9 Å². The third-order valence-corrected chi connectivity index (χ3v) is 6.01. The third-order valence-electron chi connectivity index (χ3n) is 4.61. The van der Waals surface area contributed by atoms with Crippen LogP contribution in [0.2, 0.25) is 0 Å². The fraction of sp³-hybridized carbons (Fsp3) is 0.588. The van der Waals surface area contributed by atoms with Gasteiger partial charge in [-0.15, -0.1) is 0 Å². The van der Waals surface area contributed by atoms with Crippen LogP contribution in [-0.2, 0) is 19.4 Å². The van der Waals surface area contributed by atoms with Crippen molar-refractivity contribution in [2.75, 3.05) is 5.94 Å². The van der Waals surface area contributed by atoms with E-state index in [1.807, 2.05) is 19.9 Å². The van der Waals surface area contributed by atoms with Crippen molar-refractivity contribution in [2.24, 2.45) is 5.41 Å². The van der Waals surface area contributed by atoms with Crippen LogP contribution in [0.3, 0.4) is 0 Å². The fourth-order valence-corrected chi connectivity index (χ4v) is 4.14. The summed E-state index contributed by atoms with van der Waals surface area (Å²) >= 11 is 0. The Kier molecular flexibility index (Phi) is 5.27. The van der Waals surface area contributed by atoms with Gasteiger partial charge in [-0.2, -0.15) is 0 Å². The molecule has 1 fully saturated rings. The average Bonchev–Trinajstić information content (AvgIpc) is 2.53. The predicted octanol–water partition coefficient (Wildman–Crippen LogP) is 3.63. The molecule has 0 saturated heterocycles. The van der Waals surface area contributed by atoms with Crippen molar-refractivity contribution >= 4 is 15.8 Å². The second-order valence-corrected chi connectivity index (χ2v) is 8.11. The highest BCUT2D eigenvalue weighted by Gasteiger charge is 2.39. The molecule has 0 atom stereocenters. The molecule has 5 heteroatoms. The molecular formula is C17H24O4S. The molecule has 1 aliphatic rings. The smallest absolute Gasteiger partial charge is 0.313 e. The molecule has 0 spiro atoms. The monoisotopic (exact) mass is 324 g/mol. The standard InChI is InChI=1S/C17H24O4S/c1-3-17(10-5-4-6-11-17)16(18)21-13-22(19,20)15-9-7-8-14(2)12-15/h7-9,12H,3-6,10-11,13H2,1-2H3. The van der Waals surface area contributed by atoms with E-state index in [1.54, 1.807) is 12.1 Å². The van der Waals surface area contributed by atoms with E-state index in [9.17, 15) is 13.2 Å². The van der Waals surface area contributed by atoms with Crippen LogP contribution in [0.25, 0.3) is 0 Å². The SMILES string of the molecule is CCC1(C(=O)OCS(=O)(=O)c2cccc(C)c2)CCCCC1. The van der Waals surface area contributed by atoms with Crippen molar-refractivity contribution < 1.29 is 17.9 Å². The summed E-state index contributed by atoms with van der Waals surface area (Å²) in [5.74, 6) is -0.928. The van der Waals surface area contributed by atoms with Gasteiger partial charge in [-0.1, -0.05) is 38.3 Å². The summed E-state index contributed by atoms with van der Waals surface area (Å²) in [7, 11) is -3.59. The third kappa shape index (κ3) is 3.69. The van der Waals surface area contributed by atoms with E-state index in [2.05, 4.69) is 0 Å². The quantitative estimate of drug-likeness (QED) is 0.776. The van der Waals surface area contributed by atoms with E-state index >= 15 is 0 Å². The Morgan fingerprint density at radius 1 is 1.23 bits per heavy atom. The number of esters is 1. The first-order valence-corrected chi connectivity index (χ1v) is 9.51. The molecule has 4 nitrogen and oxygen atoms in total. The Labute approximate surface area is 132 Å². The molecule has 0 bridgehead atoms. The lowest BCUT2D eigenvalue weighted by Crippen LogP contribution is -2.35. The van der Waals surface area contributed by atoms with Gasteiger partial charge in [-0.25, -0.2) is 8.42 Å². The molecule has 2 rings (SSSR count). The predicted molar refractivity (Wildman–Crippen MR) is 85.1 cm³/mol. The van der Waals surface area contributed by atoms with Crippen molar-refractivity contribution in [3.8, 4) is 0 Å². The number of benzene rings is 1. The second-order valence-electron chi connectivity index (χ2n) is 6.18. The highest BCUT2D eigenvalue weighted by atomic mass is 32.2. The molecule has 1 aromatic rings. The van der Waals surface area contributed by atoms with E-state index in [4.69, 9.17) is 4.74 Å². The molecule has 1 aromatic carbocycles. The van der Waals surface area contributed by atoms with Gasteiger partial charge in [-0.3, -0.25) is 4.79 Å². The fourth-order valence-electron chi connectivity index (χ4n) is 3.09. The van der Waals surface area contributed by atoms with Gasteiger partial charge in [0.05, 0.1) is 10.3 Å². The van der Waals surface area contributed by atoms with Gasteiger partial charge in [0.2, 0.25) is 9.84 Å². The van der Waals surface area contributed by atoms with Gasteiger partial charge in [0.25, 0.3) is 0 Å². The summed E-state index contributed by atoms with van der Waals surface area (Å²) in [6.07, 6.45) is 5.45. The summed E-state index contributed by atoms with van der Waals surface area (Å²) in [4.78, 5) is 12.6. The molecule has 1 aliphatic carbocycles. The number of sulfone groups is 1. The number of carbonyl (C=O) groups excluding carboxylic acids is 1. The highest BCUT2D eigenvalue weighted by Crippen LogP contribution is 2.40. The number of ether oxygens (including phenoxy) is 1. The van der Waals surface area contributed by atoms with Crippen LogP contribution >= 0.6 is 0 Å². The van der Waals surface area contributed by atoms with Gasteiger partial charge < -0.3 is 4.74 Å². The van der Waals surface area contributed by atoms with Crippen LogP contribution in [-0.4, -0.2) is 20.3 Å². The lowest BCUT2D eigenvalue weighted by molar-refractivity contribution is -0.156. The maximum Gasteiger partial charge on any atom is 0.313 e. The van der Waals surface area contributed by atoms with Crippen LogP contribution in [0.5, 0.6) is 0 Å². The van der Waals surface area contributed by atoms with Crippen molar-refractivity contribution in [1.82, 2.24) is 0 Å². The number of rotatable bonds is 5. The Morgan fingerprint density at radius 2 is 1.91 bits per heavy atom. The summed E-state index contributed by atoms with van der Waals surface area (Å²) in [6.45, 7) is 3.81. The first-order chi connectivity index (χ1) is 10.4. The first kappa shape index (κ1) is 17.0. The minimum absolute atomic E-state index is 0.203. The van der Waals surface area contributed by atoms with E-state index in [0.717, 1.165) is 37.7 Å². The van der Waals surface area contributed by atoms with Gasteiger partial charge in [0.15, 0.2) is 5.94 Å². The maximum atomic E-state index is 12.4. The molecule has 122 valence electrons. The summed E-state index contributed by atoms with van der Waals surface area (Å²) in [5, 5.41) is 0. The minimum Gasteiger partial charge on any atom is -0.448 e. The van der Waals surface area contributed by atoms with Crippen LogP contribution < -0.4 is 0 Å². The molecular weight excluding hydrogens is 300 g/mol. The van der Waals surface area contributed by atoms with Crippen LogP contribution in [0.15, 0.2) is 29.2 Å². The van der Waals surface area contributed by atoms with E-state index in [1.165, 1.54) is 6.07 Å². The zero-order valence-electron chi connectivity index (χ0n) is 13.3. The van der Waals surface area contributed by atoms with Gasteiger partial charge >= 0.3 is 5.97 Å². The Balaban J connectivity index is 2.06. The molecule has 0 amide bonds. The lowest BCUT2D eigenvalue weighted by Gasteiger charge is -2.33. The van der Waals surface area contributed by atoms with Crippen molar-refractivity contribution in [1.29, 1.82) is 0 Å². The molecule has 0 unspecified atom stereocenters. The van der Waals surface area contributed by atoms with Crippen molar-refractivity contribution in [3.05, 3.63) is 29.8 Å². The van der Waals surface area contributed by atoms with Crippen molar-refractivity contribution in [2.45, 2.75) is 57.3 Å². The number of hydrogen-bond acceptors (Lipinski definition) is 4. The second kappa shape index (κ2) is 6.82. The number of carbonyl (C=O) groups is 1. The van der Waals surface area contributed by atoms with Crippen LogP contribution in [0.4, 0.5) is 0 Å². The molecule has 0 aromatic heterocycles. The zero-order chi connectivity index (χ0) is 16.2. The average molecular weight is 324 g/mol. The molecule has 0 heterocycles. The van der Waals surface area contributed by atoms with Crippen LogP contribution in [0.1, 0.15) is 51.0 Å². The number of hydrogen-bond donors (Lipinski definition) is 0. The zero-order valence-corrected chi connectivity index (χ0v) is 14.1. The summed E-state index contributed by atoms with van der Waals surface area (Å²) in [6, 6.07) is 6.66. The molecule has 1 saturated carbocycles. The van der Waals surface area contributed by atoms with Crippen LogP contribution in [0, 0.1) is 12.3 Å². The largest absolute Gasteiger partial charge is 0.448 e. The molecule has 0 aliphatic heterocycles. The minimum atomic E-state index is -3.59. The topological polar surface area (TPSA) is 60.4 Å². The van der Waals surface area contributed by atoms with Gasteiger partial charge in [0.1, 0.15) is 0 Å². The normalized spacial score (nSPS) is 17.9. The van der Waals surface area contributed by atoms with Gasteiger partial charge in [0, 0.05) is 0 Å². The summed E-state index contributed by atoms with van der Waals surface area (Å²) in [5.41, 5.74) is 0.380. The first-order valence-electron chi connectivity index (χ1n) is 7.86. The Hall–Kier alpha value is -1.36. The van der Waals surface area contributed by atoms with Crippen molar-refractivity contribution in [3.63, 3.8) is 0 Å². The Bertz CT molecular complexity index is 628. The highest BCUT2D eigenvalue weighted by molar-refractivity contribution is 7.91. The summed E-state index contributed by atoms with van der Waals surface area (Å²) < 4.78 is 29.8. The van der Waals surface area contributed by atoms with Gasteiger partial charge in [-0.05, 0) is 43.9 Å². The lowest BCUT2D eigenvalue weighted by atomic mass is 9.72.